The second kappa shape index (κ2) is 14.5. The number of aliphatic imine (C=N–C) groups is 1. The predicted molar refractivity (Wildman–Crippen MR) is 120 cm³/mol. The highest BCUT2D eigenvalue weighted by Crippen LogP contribution is 2.09. The Hall–Kier alpha value is -2.54. The number of carbonyl (C=O) groups is 4. The Balaban J connectivity index is 4.99. The molecular weight excluding hydrogens is 426 g/mol. The molecule has 0 rings (SSSR count). The molecule has 0 aromatic carbocycles. The molecular formula is C18H35N7O5S. The van der Waals surface area contributed by atoms with Gasteiger partial charge in [0.25, 0.3) is 0 Å². The summed E-state index contributed by atoms with van der Waals surface area (Å²) in [6.07, 6.45) is 1.03. The number of carbonyl (C=O) groups excluding carboxylic acids is 3. The predicted octanol–water partition coefficient (Wildman–Crippen LogP) is -2.10. The number of aliphatic carboxylic acids is 1. The molecule has 0 bridgehead atoms. The SMILES string of the molecule is CCC(C)C(NC(=O)C(N)CS)C(=O)NC(C)C(=O)NC(CCCN=C(N)N)C(=O)O. The second-order valence-corrected chi connectivity index (χ2v) is 7.60. The minimum absolute atomic E-state index is 0.103. The summed E-state index contributed by atoms with van der Waals surface area (Å²) in [7, 11) is 0. The Morgan fingerprint density at radius 2 is 1.65 bits per heavy atom. The van der Waals surface area contributed by atoms with Crippen molar-refractivity contribution >= 4 is 42.3 Å². The zero-order chi connectivity index (χ0) is 24.1. The third kappa shape index (κ3) is 10.9. The van der Waals surface area contributed by atoms with Crippen LogP contribution in [0.4, 0.5) is 0 Å². The maximum Gasteiger partial charge on any atom is 0.326 e. The normalized spacial score (nSPS) is 15.5. The molecule has 0 fully saturated rings. The molecule has 0 aromatic rings. The second-order valence-electron chi connectivity index (χ2n) is 7.24. The lowest BCUT2D eigenvalue weighted by Gasteiger charge is -2.26. The number of nitrogens with one attached hydrogen (secondary N) is 3. The molecule has 0 aliphatic carbocycles. The number of thiol groups is 1. The average molecular weight is 462 g/mol. The third-order valence-corrected chi connectivity index (χ3v) is 5.03. The van der Waals surface area contributed by atoms with Gasteiger partial charge in [0.15, 0.2) is 5.96 Å². The highest BCUT2D eigenvalue weighted by molar-refractivity contribution is 7.80. The summed E-state index contributed by atoms with van der Waals surface area (Å²) in [4.78, 5) is 52.3. The van der Waals surface area contributed by atoms with E-state index in [9.17, 15) is 24.3 Å². The highest BCUT2D eigenvalue weighted by atomic mass is 32.1. The molecule has 0 spiro atoms. The summed E-state index contributed by atoms with van der Waals surface area (Å²) < 4.78 is 0. The van der Waals surface area contributed by atoms with E-state index in [1.165, 1.54) is 6.92 Å². The summed E-state index contributed by atoms with van der Waals surface area (Å²) >= 11 is 3.97. The van der Waals surface area contributed by atoms with Crippen molar-refractivity contribution in [2.24, 2.45) is 28.1 Å². The summed E-state index contributed by atoms with van der Waals surface area (Å²) in [6, 6.07) is -3.99. The minimum atomic E-state index is -1.22. The first-order valence-electron chi connectivity index (χ1n) is 10.00. The number of hydrogen-bond donors (Lipinski definition) is 8. The molecule has 12 nitrogen and oxygen atoms in total. The van der Waals surface area contributed by atoms with E-state index in [1.807, 2.05) is 6.92 Å². The van der Waals surface area contributed by atoms with Crippen LogP contribution in [-0.4, -0.2) is 71.2 Å². The van der Waals surface area contributed by atoms with E-state index in [1.54, 1.807) is 6.92 Å². The number of hydrogen-bond acceptors (Lipinski definition) is 7. The molecule has 0 saturated carbocycles. The summed E-state index contributed by atoms with van der Waals surface area (Å²) in [5.41, 5.74) is 16.1. The van der Waals surface area contributed by atoms with Crippen molar-refractivity contribution in [3.8, 4) is 0 Å². The van der Waals surface area contributed by atoms with Crippen LogP contribution in [0.2, 0.25) is 0 Å². The lowest BCUT2D eigenvalue weighted by Crippen LogP contribution is -2.58. The van der Waals surface area contributed by atoms with Crippen LogP contribution in [0.25, 0.3) is 0 Å². The van der Waals surface area contributed by atoms with Crippen molar-refractivity contribution in [1.82, 2.24) is 16.0 Å². The Labute approximate surface area is 187 Å². The molecule has 0 aliphatic rings. The van der Waals surface area contributed by atoms with Gasteiger partial charge in [-0.05, 0) is 25.7 Å². The van der Waals surface area contributed by atoms with E-state index in [0.717, 1.165) is 0 Å². The van der Waals surface area contributed by atoms with Crippen molar-refractivity contribution in [1.29, 1.82) is 0 Å². The van der Waals surface area contributed by atoms with E-state index in [-0.39, 0.29) is 30.6 Å². The van der Waals surface area contributed by atoms with Crippen LogP contribution in [0.15, 0.2) is 4.99 Å². The van der Waals surface area contributed by atoms with E-state index < -0.39 is 47.9 Å². The first-order valence-corrected chi connectivity index (χ1v) is 10.6. The van der Waals surface area contributed by atoms with Gasteiger partial charge < -0.3 is 38.3 Å². The lowest BCUT2D eigenvalue weighted by molar-refractivity contribution is -0.142. The van der Waals surface area contributed by atoms with Gasteiger partial charge in [-0.3, -0.25) is 19.4 Å². The molecule has 0 heterocycles. The van der Waals surface area contributed by atoms with Gasteiger partial charge in [-0.1, -0.05) is 20.3 Å². The topological polar surface area (TPSA) is 215 Å². The molecule has 10 N–H and O–H groups in total. The standard InChI is InChI=1S/C18H35N7O5S/c1-4-9(2)13(25-15(27)11(19)8-31)16(28)23-10(3)14(26)24-12(17(29)30)6-5-7-22-18(20)21/h9-13,31H,4-8,19H2,1-3H3,(H,23,28)(H,24,26)(H,25,27)(H,29,30)(H4,20,21,22). The molecule has 0 aromatic heterocycles. The number of carboxylic acid groups (broad SMARTS) is 1. The average Bonchev–Trinajstić information content (AvgIpc) is 2.71. The Morgan fingerprint density at radius 1 is 1.03 bits per heavy atom. The van der Waals surface area contributed by atoms with Gasteiger partial charge in [0.2, 0.25) is 17.7 Å². The van der Waals surface area contributed by atoms with E-state index in [4.69, 9.17) is 17.2 Å². The molecule has 5 unspecified atom stereocenters. The minimum Gasteiger partial charge on any atom is -0.480 e. The van der Waals surface area contributed by atoms with Crippen LogP contribution in [0.3, 0.4) is 0 Å². The van der Waals surface area contributed by atoms with Crippen molar-refractivity contribution in [2.75, 3.05) is 12.3 Å². The van der Waals surface area contributed by atoms with Gasteiger partial charge in [0.1, 0.15) is 18.1 Å². The number of carboxylic acids is 1. The van der Waals surface area contributed by atoms with Gasteiger partial charge in [-0.25, -0.2) is 4.79 Å². The number of rotatable bonds is 14. The first-order chi connectivity index (χ1) is 14.4. The van der Waals surface area contributed by atoms with Crippen LogP contribution in [0.5, 0.6) is 0 Å². The fourth-order valence-corrected chi connectivity index (χ4v) is 2.64. The van der Waals surface area contributed by atoms with E-state index in [0.29, 0.717) is 12.8 Å². The molecule has 178 valence electrons. The number of amides is 3. The Morgan fingerprint density at radius 3 is 2.13 bits per heavy atom. The maximum absolute atomic E-state index is 12.7. The van der Waals surface area contributed by atoms with E-state index in [2.05, 4.69) is 33.6 Å². The zero-order valence-corrected chi connectivity index (χ0v) is 19.0. The largest absolute Gasteiger partial charge is 0.480 e. The van der Waals surface area contributed by atoms with Crippen molar-refractivity contribution in [3.63, 3.8) is 0 Å². The smallest absolute Gasteiger partial charge is 0.326 e. The van der Waals surface area contributed by atoms with Gasteiger partial charge in [-0.15, -0.1) is 0 Å². The zero-order valence-electron chi connectivity index (χ0n) is 18.1. The Bertz CT molecular complexity index is 657. The van der Waals surface area contributed by atoms with Gasteiger partial charge in [0.05, 0.1) is 6.04 Å². The van der Waals surface area contributed by atoms with Crippen LogP contribution in [0, 0.1) is 5.92 Å². The van der Waals surface area contributed by atoms with Crippen LogP contribution in [0.1, 0.15) is 40.0 Å². The third-order valence-electron chi connectivity index (χ3n) is 4.64. The van der Waals surface area contributed by atoms with Crippen molar-refractivity contribution in [3.05, 3.63) is 0 Å². The lowest BCUT2D eigenvalue weighted by atomic mass is 9.97. The molecule has 31 heavy (non-hydrogen) atoms. The van der Waals surface area contributed by atoms with E-state index >= 15 is 0 Å². The summed E-state index contributed by atoms with van der Waals surface area (Å²) in [5, 5.41) is 16.8. The summed E-state index contributed by atoms with van der Waals surface area (Å²) in [6.45, 7) is 5.27. The fourth-order valence-electron chi connectivity index (χ4n) is 2.47. The van der Waals surface area contributed by atoms with Gasteiger partial charge >= 0.3 is 5.97 Å². The highest BCUT2D eigenvalue weighted by Gasteiger charge is 2.30. The molecule has 0 saturated heterocycles. The van der Waals surface area contributed by atoms with Crippen LogP contribution in [-0.2, 0) is 19.2 Å². The number of nitrogens with two attached hydrogens (primary N) is 3. The fraction of sp³-hybridized carbons (Fsp3) is 0.722. The molecule has 0 aliphatic heterocycles. The van der Waals surface area contributed by atoms with Gasteiger partial charge in [-0.2, -0.15) is 12.6 Å². The molecule has 5 atom stereocenters. The van der Waals surface area contributed by atoms with Gasteiger partial charge in [0, 0.05) is 12.3 Å². The molecule has 0 radical (unpaired) electrons. The van der Waals surface area contributed by atoms with Crippen molar-refractivity contribution < 1.29 is 24.3 Å². The Kier molecular flexibility index (Phi) is 13.3. The monoisotopic (exact) mass is 461 g/mol. The maximum atomic E-state index is 12.7. The number of guanidine groups is 1. The quantitative estimate of drug-likeness (QED) is 0.0619. The summed E-state index contributed by atoms with van der Waals surface area (Å²) in [5.74, 6) is -3.22. The van der Waals surface area contributed by atoms with Crippen LogP contribution >= 0.6 is 12.6 Å². The van der Waals surface area contributed by atoms with Crippen LogP contribution < -0.4 is 33.2 Å². The molecule has 3 amide bonds. The number of nitrogens with zero attached hydrogens (tertiary/aromatic N) is 1. The van der Waals surface area contributed by atoms with Crippen molar-refractivity contribution in [2.45, 2.75) is 64.2 Å². The molecule has 13 heteroatoms. The first kappa shape index (κ1) is 28.5.